The van der Waals surface area contributed by atoms with Crippen LogP contribution in [0.25, 0.3) is 0 Å². The fourth-order valence-electron chi connectivity index (χ4n) is 2.64. The van der Waals surface area contributed by atoms with E-state index in [4.69, 9.17) is 23.2 Å². The molecule has 0 spiro atoms. The second-order valence-corrected chi connectivity index (χ2v) is 7.48. The van der Waals surface area contributed by atoms with Crippen molar-refractivity contribution in [2.45, 2.75) is 6.42 Å². The molecule has 8 heteroatoms. The van der Waals surface area contributed by atoms with E-state index in [0.717, 1.165) is 10.2 Å². The monoisotopic (exact) mass is 453 g/mol. The number of hydrogen-bond acceptors (Lipinski definition) is 3. The van der Waals surface area contributed by atoms with Gasteiger partial charge in [0.1, 0.15) is 0 Å². The van der Waals surface area contributed by atoms with Crippen LogP contribution in [0.2, 0.25) is 10.0 Å². The van der Waals surface area contributed by atoms with Crippen molar-refractivity contribution in [2.75, 3.05) is 11.4 Å². The maximum absolute atomic E-state index is 12.3. The SMILES string of the molecule is O=C(N/N=C\c1c(Cl)cccc1Cl)[C@@H]1CC(=O)N(c2ccc(Br)cc2)C1. The maximum Gasteiger partial charge on any atom is 0.245 e. The van der Waals surface area contributed by atoms with Crippen LogP contribution in [-0.2, 0) is 9.59 Å². The van der Waals surface area contributed by atoms with Gasteiger partial charge in [-0.15, -0.1) is 0 Å². The van der Waals surface area contributed by atoms with Gasteiger partial charge in [-0.05, 0) is 36.4 Å². The molecule has 0 aromatic heterocycles. The molecule has 1 saturated heterocycles. The van der Waals surface area contributed by atoms with E-state index in [1.54, 1.807) is 23.1 Å². The van der Waals surface area contributed by atoms with Crippen LogP contribution in [0.15, 0.2) is 52.0 Å². The van der Waals surface area contributed by atoms with Gasteiger partial charge in [-0.2, -0.15) is 5.10 Å². The van der Waals surface area contributed by atoms with Crippen molar-refractivity contribution in [1.29, 1.82) is 0 Å². The van der Waals surface area contributed by atoms with Gasteiger partial charge in [-0.1, -0.05) is 45.2 Å². The van der Waals surface area contributed by atoms with Crippen molar-refractivity contribution < 1.29 is 9.59 Å². The number of benzene rings is 2. The Hall–Kier alpha value is -1.89. The molecule has 0 saturated carbocycles. The molecule has 0 aliphatic carbocycles. The van der Waals surface area contributed by atoms with E-state index in [1.165, 1.54) is 6.21 Å². The second-order valence-electron chi connectivity index (χ2n) is 5.75. The summed E-state index contributed by atoms with van der Waals surface area (Å²) in [6.07, 6.45) is 1.54. The lowest BCUT2D eigenvalue weighted by Gasteiger charge is -2.16. The van der Waals surface area contributed by atoms with Crippen molar-refractivity contribution in [1.82, 2.24) is 5.43 Å². The van der Waals surface area contributed by atoms with Gasteiger partial charge in [-0.3, -0.25) is 9.59 Å². The molecule has 26 heavy (non-hydrogen) atoms. The summed E-state index contributed by atoms with van der Waals surface area (Å²) < 4.78 is 0.926. The molecule has 1 N–H and O–H groups in total. The molecule has 1 aliphatic heterocycles. The van der Waals surface area contributed by atoms with E-state index in [2.05, 4.69) is 26.5 Å². The lowest BCUT2D eigenvalue weighted by molar-refractivity contribution is -0.126. The fraction of sp³-hybridized carbons (Fsp3) is 0.167. The molecule has 2 amide bonds. The summed E-state index contributed by atoms with van der Waals surface area (Å²) in [5, 5.41) is 4.79. The summed E-state index contributed by atoms with van der Waals surface area (Å²) in [5.74, 6) is -0.881. The average Bonchev–Trinajstić information content (AvgIpc) is 3.00. The van der Waals surface area contributed by atoms with Crippen molar-refractivity contribution >= 4 is 62.8 Å². The quantitative estimate of drug-likeness (QED) is 0.554. The van der Waals surface area contributed by atoms with Crippen LogP contribution in [0.1, 0.15) is 12.0 Å². The molecule has 2 aromatic carbocycles. The van der Waals surface area contributed by atoms with Crippen LogP contribution in [-0.4, -0.2) is 24.6 Å². The average molecular weight is 455 g/mol. The zero-order chi connectivity index (χ0) is 18.7. The first kappa shape index (κ1) is 18.9. The number of amides is 2. The molecule has 3 rings (SSSR count). The van der Waals surface area contributed by atoms with Gasteiger partial charge in [0.25, 0.3) is 0 Å². The standard InChI is InChI=1S/C18H14BrCl2N3O2/c19-12-4-6-13(7-5-12)24-10-11(8-17(24)25)18(26)23-22-9-14-15(20)2-1-3-16(14)21/h1-7,9,11H,8,10H2,(H,23,26)/b22-9-/t11-/m1/s1. The molecule has 134 valence electrons. The highest BCUT2D eigenvalue weighted by atomic mass is 79.9. The van der Waals surface area contributed by atoms with E-state index >= 15 is 0 Å². The Morgan fingerprint density at radius 3 is 2.50 bits per heavy atom. The summed E-state index contributed by atoms with van der Waals surface area (Å²) >= 11 is 15.5. The molecule has 1 heterocycles. The normalized spacial score (nSPS) is 17.1. The van der Waals surface area contributed by atoms with E-state index in [-0.39, 0.29) is 18.2 Å². The first-order valence-corrected chi connectivity index (χ1v) is 9.33. The Morgan fingerprint density at radius 2 is 1.85 bits per heavy atom. The minimum Gasteiger partial charge on any atom is -0.312 e. The fourth-order valence-corrected chi connectivity index (χ4v) is 3.40. The Labute approximate surface area is 169 Å². The van der Waals surface area contributed by atoms with E-state index in [1.807, 2.05) is 24.3 Å². The first-order valence-electron chi connectivity index (χ1n) is 7.78. The summed E-state index contributed by atoms with van der Waals surface area (Å²) in [6, 6.07) is 12.5. The predicted octanol–water partition coefficient (Wildman–Crippen LogP) is 4.26. The van der Waals surface area contributed by atoms with Gasteiger partial charge in [-0.25, -0.2) is 5.43 Å². The van der Waals surface area contributed by atoms with E-state index < -0.39 is 5.92 Å². The van der Waals surface area contributed by atoms with Crippen LogP contribution in [0.5, 0.6) is 0 Å². The summed E-state index contributed by atoms with van der Waals surface area (Å²) in [5.41, 5.74) is 3.74. The number of nitrogens with one attached hydrogen (secondary N) is 1. The van der Waals surface area contributed by atoms with Gasteiger partial charge >= 0.3 is 0 Å². The number of hydrazone groups is 1. The Balaban J connectivity index is 1.63. The molecular weight excluding hydrogens is 441 g/mol. The second kappa shape index (κ2) is 8.20. The highest BCUT2D eigenvalue weighted by Gasteiger charge is 2.35. The third kappa shape index (κ3) is 4.26. The topological polar surface area (TPSA) is 61.8 Å². The lowest BCUT2D eigenvalue weighted by atomic mass is 10.1. The van der Waals surface area contributed by atoms with Crippen LogP contribution in [0.3, 0.4) is 0 Å². The number of hydrogen-bond donors (Lipinski definition) is 1. The smallest absolute Gasteiger partial charge is 0.245 e. The first-order chi connectivity index (χ1) is 12.5. The van der Waals surface area contributed by atoms with Gasteiger partial charge in [0.05, 0.1) is 22.2 Å². The maximum atomic E-state index is 12.3. The highest BCUT2D eigenvalue weighted by molar-refractivity contribution is 9.10. The van der Waals surface area contributed by atoms with Crippen LogP contribution >= 0.6 is 39.1 Å². The molecule has 1 atom stereocenters. The van der Waals surface area contributed by atoms with Crippen molar-refractivity contribution in [3.63, 3.8) is 0 Å². The minimum atomic E-state index is -0.468. The zero-order valence-electron chi connectivity index (χ0n) is 13.5. The van der Waals surface area contributed by atoms with Gasteiger partial charge in [0, 0.05) is 28.7 Å². The van der Waals surface area contributed by atoms with Gasteiger partial charge < -0.3 is 4.90 Å². The number of rotatable bonds is 4. The largest absolute Gasteiger partial charge is 0.312 e. The highest BCUT2D eigenvalue weighted by Crippen LogP contribution is 2.26. The van der Waals surface area contributed by atoms with Crippen molar-refractivity contribution in [3.05, 3.63) is 62.5 Å². The Kier molecular flexibility index (Phi) is 5.96. The third-order valence-corrected chi connectivity index (χ3v) is 5.19. The van der Waals surface area contributed by atoms with Crippen molar-refractivity contribution in [3.8, 4) is 0 Å². The van der Waals surface area contributed by atoms with Gasteiger partial charge in [0.15, 0.2) is 0 Å². The molecule has 2 aromatic rings. The van der Waals surface area contributed by atoms with E-state index in [0.29, 0.717) is 22.2 Å². The minimum absolute atomic E-state index is 0.0920. The van der Waals surface area contributed by atoms with Crippen LogP contribution < -0.4 is 10.3 Å². The molecule has 5 nitrogen and oxygen atoms in total. The summed E-state index contributed by atoms with van der Waals surface area (Å²) in [4.78, 5) is 26.1. The number of carbonyl (C=O) groups is 2. The van der Waals surface area contributed by atoms with E-state index in [9.17, 15) is 9.59 Å². The predicted molar refractivity (Wildman–Crippen MR) is 107 cm³/mol. The number of carbonyl (C=O) groups excluding carboxylic acids is 2. The zero-order valence-corrected chi connectivity index (χ0v) is 16.6. The molecule has 0 radical (unpaired) electrons. The summed E-state index contributed by atoms with van der Waals surface area (Å²) in [7, 11) is 0. The molecule has 1 aliphatic rings. The molecular formula is C18H14BrCl2N3O2. The van der Waals surface area contributed by atoms with Crippen molar-refractivity contribution in [2.24, 2.45) is 11.0 Å². The van der Waals surface area contributed by atoms with Crippen LogP contribution in [0, 0.1) is 5.92 Å². The molecule has 0 unspecified atom stereocenters. The Bertz CT molecular complexity index is 851. The number of halogens is 3. The Morgan fingerprint density at radius 1 is 1.19 bits per heavy atom. The molecule has 0 bridgehead atoms. The number of anilines is 1. The molecule has 1 fully saturated rings. The third-order valence-electron chi connectivity index (χ3n) is 4.00. The summed E-state index contributed by atoms with van der Waals surface area (Å²) in [6.45, 7) is 0.314. The lowest BCUT2D eigenvalue weighted by Crippen LogP contribution is -2.30. The van der Waals surface area contributed by atoms with Gasteiger partial charge in [0.2, 0.25) is 11.8 Å². The number of nitrogens with zero attached hydrogens (tertiary/aromatic N) is 2. The van der Waals surface area contributed by atoms with Crippen LogP contribution in [0.4, 0.5) is 5.69 Å².